The van der Waals surface area contributed by atoms with E-state index in [-0.39, 0.29) is 58.8 Å². The van der Waals surface area contributed by atoms with Crippen LogP contribution < -0.4 is 5.32 Å². The minimum Gasteiger partial charge on any atom is -0.445 e. The molecule has 46 heavy (non-hydrogen) atoms. The fourth-order valence-electron chi connectivity index (χ4n) is 3.63. The van der Waals surface area contributed by atoms with Crippen LogP contribution in [-0.2, 0) is 56.0 Å². The third kappa shape index (κ3) is 16.5. The van der Waals surface area contributed by atoms with Crippen molar-refractivity contribution in [3.63, 3.8) is 0 Å². The molecule has 1 N–H and O–H groups in total. The van der Waals surface area contributed by atoms with Crippen molar-refractivity contribution in [2.75, 3.05) is 46.3 Å². The molecule has 0 fully saturated rings. The lowest BCUT2D eigenvalue weighted by Crippen LogP contribution is -2.44. The smallest absolute Gasteiger partial charge is 0.410 e. The molecule has 15 heteroatoms. The average molecular weight is 646 g/mol. The van der Waals surface area contributed by atoms with Crippen molar-refractivity contribution in [3.05, 3.63) is 71.8 Å². The fraction of sp³-hybridized carbons (Fsp3) is 0.419. The SMILES string of the molecule is CC(=O)OCOC(=O)CCCN(CCN(CCNC(=O)OCOC(C)=O)C(=O)OCc1ccccc1)C(=O)OCc1ccccc1. The predicted molar refractivity (Wildman–Crippen MR) is 159 cm³/mol. The van der Waals surface area contributed by atoms with Gasteiger partial charge in [-0.25, -0.2) is 14.4 Å². The second-order valence-electron chi connectivity index (χ2n) is 9.54. The number of rotatable bonds is 18. The van der Waals surface area contributed by atoms with Crippen molar-refractivity contribution in [2.24, 2.45) is 0 Å². The summed E-state index contributed by atoms with van der Waals surface area (Å²) < 4.78 is 29.7. The lowest BCUT2D eigenvalue weighted by atomic mass is 10.2. The van der Waals surface area contributed by atoms with Gasteiger partial charge in [0, 0.05) is 53.0 Å². The Kier molecular flexibility index (Phi) is 17.1. The molecule has 0 heterocycles. The minimum atomic E-state index is -0.870. The van der Waals surface area contributed by atoms with E-state index in [0.29, 0.717) is 0 Å². The maximum Gasteiger partial charge on any atom is 0.410 e. The number of benzene rings is 2. The Morgan fingerprint density at radius 2 is 1.07 bits per heavy atom. The van der Waals surface area contributed by atoms with Crippen LogP contribution in [0.2, 0.25) is 0 Å². The number of hydrogen-bond acceptors (Lipinski definition) is 12. The quantitative estimate of drug-likeness (QED) is 0.142. The van der Waals surface area contributed by atoms with Crippen LogP contribution in [0.25, 0.3) is 0 Å². The molecular weight excluding hydrogens is 606 g/mol. The van der Waals surface area contributed by atoms with Crippen LogP contribution in [0.3, 0.4) is 0 Å². The molecule has 0 aliphatic heterocycles. The highest BCUT2D eigenvalue weighted by molar-refractivity contribution is 5.71. The minimum absolute atomic E-state index is 0.00278. The van der Waals surface area contributed by atoms with Crippen molar-refractivity contribution < 1.29 is 57.2 Å². The Morgan fingerprint density at radius 1 is 0.587 bits per heavy atom. The number of nitrogens with one attached hydrogen (secondary N) is 1. The summed E-state index contributed by atoms with van der Waals surface area (Å²) in [7, 11) is 0. The first-order valence-electron chi connectivity index (χ1n) is 14.4. The molecule has 0 spiro atoms. The number of nitrogens with zero attached hydrogens (tertiary/aromatic N) is 2. The third-order valence-corrected chi connectivity index (χ3v) is 5.96. The van der Waals surface area contributed by atoms with Gasteiger partial charge in [-0.1, -0.05) is 60.7 Å². The van der Waals surface area contributed by atoms with Gasteiger partial charge >= 0.3 is 36.2 Å². The van der Waals surface area contributed by atoms with Crippen molar-refractivity contribution in [3.8, 4) is 0 Å². The molecule has 0 saturated carbocycles. The molecule has 0 unspecified atom stereocenters. The van der Waals surface area contributed by atoms with Crippen LogP contribution in [0, 0.1) is 0 Å². The monoisotopic (exact) mass is 645 g/mol. The summed E-state index contributed by atoms with van der Waals surface area (Å²) in [5.74, 6) is -1.84. The van der Waals surface area contributed by atoms with Crippen LogP contribution in [0.15, 0.2) is 60.7 Å². The van der Waals surface area contributed by atoms with Gasteiger partial charge in [-0.3, -0.25) is 14.4 Å². The molecule has 2 aromatic carbocycles. The molecule has 0 aliphatic carbocycles. The van der Waals surface area contributed by atoms with Crippen LogP contribution in [0.4, 0.5) is 14.4 Å². The van der Waals surface area contributed by atoms with E-state index in [1.165, 1.54) is 23.6 Å². The Hall–Kier alpha value is -5.34. The zero-order valence-electron chi connectivity index (χ0n) is 25.8. The van der Waals surface area contributed by atoms with Crippen molar-refractivity contribution in [2.45, 2.75) is 39.9 Å². The van der Waals surface area contributed by atoms with Gasteiger partial charge < -0.3 is 43.5 Å². The second-order valence-corrected chi connectivity index (χ2v) is 9.54. The zero-order chi connectivity index (χ0) is 33.6. The number of hydrogen-bond donors (Lipinski definition) is 1. The average Bonchev–Trinajstić information content (AvgIpc) is 3.03. The molecule has 2 rings (SSSR count). The van der Waals surface area contributed by atoms with E-state index in [0.717, 1.165) is 11.1 Å². The first-order valence-corrected chi connectivity index (χ1v) is 14.4. The Labute approximate surface area is 266 Å². The highest BCUT2D eigenvalue weighted by atomic mass is 16.7. The molecule has 0 bridgehead atoms. The third-order valence-electron chi connectivity index (χ3n) is 5.96. The molecule has 0 aromatic heterocycles. The Morgan fingerprint density at radius 3 is 1.57 bits per heavy atom. The van der Waals surface area contributed by atoms with Gasteiger partial charge in [0.15, 0.2) is 0 Å². The summed E-state index contributed by atoms with van der Waals surface area (Å²) in [5.41, 5.74) is 1.53. The molecule has 3 amide bonds. The lowest BCUT2D eigenvalue weighted by Gasteiger charge is -2.27. The summed E-state index contributed by atoms with van der Waals surface area (Å²) in [5, 5.41) is 2.45. The van der Waals surface area contributed by atoms with Crippen LogP contribution in [0.5, 0.6) is 0 Å². The van der Waals surface area contributed by atoms with Gasteiger partial charge in [0.2, 0.25) is 13.6 Å². The van der Waals surface area contributed by atoms with Crippen molar-refractivity contribution in [1.29, 1.82) is 0 Å². The number of alkyl carbamates (subject to hydrolysis) is 1. The van der Waals surface area contributed by atoms with Crippen molar-refractivity contribution in [1.82, 2.24) is 15.1 Å². The molecule has 250 valence electrons. The standard InChI is InChI=1S/C31H39N3O12/c1-24(35)43-22-45-28(37)14-9-16-33(30(39)41-20-26-10-5-3-6-11-26)18-19-34(17-15-32-29(38)46-23-44-25(2)36)31(40)42-21-27-12-7-4-8-13-27/h3-8,10-13H,9,14-23H2,1-2H3,(H,32,38). The van der Waals surface area contributed by atoms with E-state index in [4.69, 9.17) is 18.9 Å². The van der Waals surface area contributed by atoms with E-state index >= 15 is 0 Å². The molecule has 0 saturated heterocycles. The summed E-state index contributed by atoms with van der Waals surface area (Å²) in [4.78, 5) is 74.4. The van der Waals surface area contributed by atoms with E-state index in [1.54, 1.807) is 36.4 Å². The Balaban J connectivity index is 2.03. The number of ether oxygens (including phenoxy) is 6. The Bertz CT molecular complexity index is 1160. The van der Waals surface area contributed by atoms with Gasteiger partial charge in [0.25, 0.3) is 0 Å². The second kappa shape index (κ2) is 21.4. The van der Waals surface area contributed by atoms with Gasteiger partial charge in [-0.15, -0.1) is 0 Å². The van der Waals surface area contributed by atoms with Crippen LogP contribution in [-0.4, -0.2) is 92.3 Å². The number of carbonyl (C=O) groups excluding carboxylic acids is 6. The van der Waals surface area contributed by atoms with Crippen LogP contribution in [0.1, 0.15) is 37.8 Å². The summed E-state index contributed by atoms with van der Waals surface area (Å²) in [6.07, 6.45) is -2.14. The zero-order valence-corrected chi connectivity index (χ0v) is 25.8. The molecular formula is C31H39N3O12. The number of esters is 3. The topological polar surface area (TPSA) is 176 Å². The summed E-state index contributed by atoms with van der Waals surface area (Å²) in [6.45, 7) is 1.24. The summed E-state index contributed by atoms with van der Waals surface area (Å²) in [6, 6.07) is 18.1. The van der Waals surface area contributed by atoms with E-state index in [9.17, 15) is 28.8 Å². The predicted octanol–water partition coefficient (Wildman–Crippen LogP) is 3.35. The fourth-order valence-corrected chi connectivity index (χ4v) is 3.63. The highest BCUT2D eigenvalue weighted by Crippen LogP contribution is 2.08. The molecule has 15 nitrogen and oxygen atoms in total. The number of carbonyl (C=O) groups is 6. The summed E-state index contributed by atoms with van der Waals surface area (Å²) >= 11 is 0. The normalized spacial score (nSPS) is 10.1. The first-order chi connectivity index (χ1) is 22.1. The first kappa shape index (κ1) is 36.8. The maximum atomic E-state index is 13.1. The van der Waals surface area contributed by atoms with Crippen molar-refractivity contribution >= 4 is 36.2 Å². The highest BCUT2D eigenvalue weighted by Gasteiger charge is 2.21. The molecule has 0 aliphatic rings. The number of amides is 3. The maximum absolute atomic E-state index is 13.1. The van der Waals surface area contributed by atoms with E-state index in [2.05, 4.69) is 14.8 Å². The van der Waals surface area contributed by atoms with Crippen LogP contribution >= 0.6 is 0 Å². The largest absolute Gasteiger partial charge is 0.445 e. The van der Waals surface area contributed by atoms with Gasteiger partial charge in [0.05, 0.1) is 0 Å². The molecule has 0 atom stereocenters. The lowest BCUT2D eigenvalue weighted by molar-refractivity contribution is -0.165. The van der Waals surface area contributed by atoms with E-state index < -0.39 is 49.8 Å². The molecule has 0 radical (unpaired) electrons. The van der Waals surface area contributed by atoms with Gasteiger partial charge in [0.1, 0.15) is 13.2 Å². The van der Waals surface area contributed by atoms with Gasteiger partial charge in [-0.05, 0) is 17.5 Å². The van der Waals surface area contributed by atoms with Gasteiger partial charge in [-0.2, -0.15) is 0 Å². The molecule has 2 aromatic rings. The van der Waals surface area contributed by atoms with E-state index in [1.807, 2.05) is 24.3 Å².